The van der Waals surface area contributed by atoms with E-state index in [1.165, 1.54) is 0 Å². The predicted molar refractivity (Wildman–Crippen MR) is 69.9 cm³/mol. The molecule has 0 aliphatic rings. The molecule has 2 heteroatoms. The van der Waals surface area contributed by atoms with Gasteiger partial charge in [0.05, 0.1) is 11.4 Å². The molecule has 0 saturated heterocycles. The van der Waals surface area contributed by atoms with Gasteiger partial charge in [0.15, 0.2) is 0 Å². The zero-order valence-corrected chi connectivity index (χ0v) is 10.8. The lowest BCUT2D eigenvalue weighted by Crippen LogP contribution is -2.01. The molecule has 0 fully saturated rings. The molecular formula is C13H22N2. The van der Waals surface area contributed by atoms with Gasteiger partial charge >= 0.3 is 0 Å². The molecule has 0 heterocycles. The summed E-state index contributed by atoms with van der Waals surface area (Å²) in [7, 11) is 1.80. The Morgan fingerprint density at radius 2 is 1.80 bits per heavy atom. The minimum Gasteiger partial charge on any atom is -0.291 e. The van der Waals surface area contributed by atoms with Gasteiger partial charge in [-0.05, 0) is 39.7 Å². The third-order valence-corrected chi connectivity index (χ3v) is 2.28. The summed E-state index contributed by atoms with van der Waals surface area (Å²) in [6.07, 6.45) is 5.06. The van der Waals surface area contributed by atoms with E-state index >= 15 is 0 Å². The summed E-state index contributed by atoms with van der Waals surface area (Å²) in [4.78, 5) is 8.80. The molecule has 0 unspecified atom stereocenters. The Bertz CT molecular complexity index is 317. The van der Waals surface area contributed by atoms with Crippen LogP contribution in [0.1, 0.15) is 41.0 Å². The lowest BCUT2D eigenvalue weighted by atomic mass is 10.1. The topological polar surface area (TPSA) is 24.7 Å². The summed E-state index contributed by atoms with van der Waals surface area (Å²) in [6, 6.07) is 0. The van der Waals surface area contributed by atoms with E-state index in [0.29, 0.717) is 0 Å². The van der Waals surface area contributed by atoms with Crippen LogP contribution in [0.2, 0.25) is 0 Å². The molecular weight excluding hydrogens is 184 g/mol. The minimum atomic E-state index is 0.976. The van der Waals surface area contributed by atoms with Gasteiger partial charge in [0.25, 0.3) is 0 Å². The normalized spacial score (nSPS) is 15.9. The summed E-state index contributed by atoms with van der Waals surface area (Å²) >= 11 is 0. The first-order valence-electron chi connectivity index (χ1n) is 5.38. The summed E-state index contributed by atoms with van der Waals surface area (Å²) in [5.41, 5.74) is 4.28. The summed E-state index contributed by atoms with van der Waals surface area (Å²) in [5.74, 6) is 0. The van der Waals surface area contributed by atoms with Gasteiger partial charge in [0, 0.05) is 12.8 Å². The van der Waals surface area contributed by atoms with Gasteiger partial charge in [0.2, 0.25) is 0 Å². The highest BCUT2D eigenvalue weighted by molar-refractivity contribution is 6.01. The molecule has 0 spiro atoms. The highest BCUT2D eigenvalue weighted by Gasteiger charge is 2.03. The van der Waals surface area contributed by atoms with Crippen LogP contribution in [0, 0.1) is 0 Å². The van der Waals surface area contributed by atoms with Crippen LogP contribution >= 0.6 is 0 Å². The molecule has 0 saturated carbocycles. The minimum absolute atomic E-state index is 0.976. The fourth-order valence-electron chi connectivity index (χ4n) is 1.16. The van der Waals surface area contributed by atoms with Crippen molar-refractivity contribution < 1.29 is 0 Å². The zero-order valence-electron chi connectivity index (χ0n) is 10.8. The average Bonchev–Trinajstić information content (AvgIpc) is 2.24. The van der Waals surface area contributed by atoms with Gasteiger partial charge in [-0.2, -0.15) is 0 Å². The Morgan fingerprint density at radius 3 is 2.20 bits per heavy atom. The van der Waals surface area contributed by atoms with Gasteiger partial charge in [-0.25, -0.2) is 0 Å². The first-order chi connectivity index (χ1) is 7.06. The fraction of sp³-hybridized carbons (Fsp3) is 0.538. The number of allylic oxidation sites excluding steroid dienone is 4. The molecule has 0 bridgehead atoms. The van der Waals surface area contributed by atoms with E-state index in [1.54, 1.807) is 7.05 Å². The largest absolute Gasteiger partial charge is 0.291 e. The molecule has 0 aromatic rings. The van der Waals surface area contributed by atoms with E-state index in [1.807, 2.05) is 26.8 Å². The highest BCUT2D eigenvalue weighted by Crippen LogP contribution is 2.11. The van der Waals surface area contributed by atoms with E-state index in [4.69, 9.17) is 0 Å². The van der Waals surface area contributed by atoms with Crippen LogP contribution in [0.15, 0.2) is 33.4 Å². The SMILES string of the molecule is C/C=C/C(C)=C(/N=C(C)CC)C(C)=NC. The Labute approximate surface area is 93.5 Å². The van der Waals surface area contributed by atoms with Gasteiger partial charge < -0.3 is 0 Å². The van der Waals surface area contributed by atoms with Crippen LogP contribution in [0.25, 0.3) is 0 Å². The van der Waals surface area contributed by atoms with Crippen molar-refractivity contribution >= 4 is 11.4 Å². The van der Waals surface area contributed by atoms with Crippen LogP contribution < -0.4 is 0 Å². The number of rotatable bonds is 4. The summed E-state index contributed by atoms with van der Waals surface area (Å²) in [5, 5.41) is 0. The molecule has 0 radical (unpaired) electrons. The van der Waals surface area contributed by atoms with Gasteiger partial charge in [-0.15, -0.1) is 0 Å². The van der Waals surface area contributed by atoms with Crippen molar-refractivity contribution in [3.05, 3.63) is 23.4 Å². The Hall–Kier alpha value is -1.18. The van der Waals surface area contributed by atoms with Crippen molar-refractivity contribution in [1.29, 1.82) is 0 Å². The summed E-state index contributed by atoms with van der Waals surface area (Å²) < 4.78 is 0. The standard InChI is InChI=1S/C13H22N2/c1-7-9-10(3)13(12(5)14-6)15-11(4)8-2/h7,9H,8H2,1-6H3/b9-7+,13-10+,14-12?,15-11?. The maximum absolute atomic E-state index is 4.60. The number of nitrogens with zero attached hydrogens (tertiary/aromatic N) is 2. The average molecular weight is 206 g/mol. The lowest BCUT2D eigenvalue weighted by molar-refractivity contribution is 1.21. The number of hydrogen-bond donors (Lipinski definition) is 0. The molecule has 0 aliphatic heterocycles. The molecule has 0 N–H and O–H groups in total. The first kappa shape index (κ1) is 13.8. The van der Waals surface area contributed by atoms with Crippen LogP contribution in [0.5, 0.6) is 0 Å². The first-order valence-corrected chi connectivity index (χ1v) is 5.38. The number of hydrogen-bond acceptors (Lipinski definition) is 2. The maximum Gasteiger partial charge on any atom is 0.0865 e. The molecule has 0 amide bonds. The summed E-state index contributed by atoms with van der Waals surface area (Å²) in [6.45, 7) is 10.2. The third kappa shape index (κ3) is 4.73. The Kier molecular flexibility index (Phi) is 6.59. The predicted octanol–water partition coefficient (Wildman–Crippen LogP) is 3.80. The van der Waals surface area contributed by atoms with E-state index in [2.05, 4.69) is 29.9 Å². The van der Waals surface area contributed by atoms with Crippen LogP contribution in [-0.4, -0.2) is 18.5 Å². The van der Waals surface area contributed by atoms with Gasteiger partial charge in [0.1, 0.15) is 0 Å². The van der Waals surface area contributed by atoms with Crippen molar-refractivity contribution in [2.24, 2.45) is 9.98 Å². The molecule has 15 heavy (non-hydrogen) atoms. The van der Waals surface area contributed by atoms with Crippen molar-refractivity contribution in [2.75, 3.05) is 7.05 Å². The molecule has 0 aliphatic carbocycles. The molecule has 0 aromatic carbocycles. The van der Waals surface area contributed by atoms with Gasteiger partial charge in [-0.3, -0.25) is 9.98 Å². The monoisotopic (exact) mass is 206 g/mol. The second kappa shape index (κ2) is 7.16. The number of aliphatic imine (C=N–C) groups is 2. The molecule has 84 valence electrons. The molecule has 0 rings (SSSR count). The van der Waals surface area contributed by atoms with E-state index in [0.717, 1.165) is 29.1 Å². The van der Waals surface area contributed by atoms with Crippen molar-refractivity contribution in [1.82, 2.24) is 0 Å². The smallest absolute Gasteiger partial charge is 0.0865 e. The van der Waals surface area contributed by atoms with E-state index < -0.39 is 0 Å². The second-order valence-electron chi connectivity index (χ2n) is 3.54. The fourth-order valence-corrected chi connectivity index (χ4v) is 1.16. The maximum atomic E-state index is 4.60. The molecule has 0 aromatic heterocycles. The quantitative estimate of drug-likeness (QED) is 0.494. The third-order valence-electron chi connectivity index (χ3n) is 2.28. The van der Waals surface area contributed by atoms with Crippen LogP contribution in [0.3, 0.4) is 0 Å². The lowest BCUT2D eigenvalue weighted by Gasteiger charge is -2.05. The van der Waals surface area contributed by atoms with Crippen molar-refractivity contribution in [3.8, 4) is 0 Å². The Morgan fingerprint density at radius 1 is 1.20 bits per heavy atom. The Balaban J connectivity index is 5.34. The highest BCUT2D eigenvalue weighted by atomic mass is 14.8. The van der Waals surface area contributed by atoms with Crippen molar-refractivity contribution in [3.63, 3.8) is 0 Å². The van der Waals surface area contributed by atoms with Crippen molar-refractivity contribution in [2.45, 2.75) is 41.0 Å². The molecule has 2 nitrogen and oxygen atoms in total. The van der Waals surface area contributed by atoms with Crippen LogP contribution in [0.4, 0.5) is 0 Å². The zero-order chi connectivity index (χ0) is 11.8. The van der Waals surface area contributed by atoms with E-state index in [9.17, 15) is 0 Å². The van der Waals surface area contributed by atoms with E-state index in [-0.39, 0.29) is 0 Å². The molecule has 0 atom stereocenters. The van der Waals surface area contributed by atoms with Crippen LogP contribution in [-0.2, 0) is 0 Å². The van der Waals surface area contributed by atoms with Gasteiger partial charge in [-0.1, -0.05) is 19.1 Å². The second-order valence-corrected chi connectivity index (χ2v) is 3.54.